The van der Waals surface area contributed by atoms with Crippen molar-refractivity contribution in [2.45, 2.75) is 31.8 Å². The minimum absolute atomic E-state index is 0.00628. The molecular weight excluding hydrogens is 326 g/mol. The molecule has 6 nitrogen and oxygen atoms in total. The molecule has 1 saturated heterocycles. The number of piperidine rings is 1. The number of hydrogen-bond donors (Lipinski definition) is 1. The summed E-state index contributed by atoms with van der Waals surface area (Å²) in [6.07, 6.45) is 3.62. The van der Waals surface area contributed by atoms with E-state index in [1.165, 1.54) is 17.4 Å². The standard InChI is InChI=1S/C17H25N3O3S/c1-24(22,23)18-16-7-9-19(10-8-16)13-17(21)20-11-6-14-4-2-3-5-15(14)12-20/h2-5,16,18H,6-13H2,1H3. The number of benzene rings is 1. The van der Waals surface area contributed by atoms with Crippen molar-refractivity contribution in [3.63, 3.8) is 0 Å². The van der Waals surface area contributed by atoms with Crippen LogP contribution in [0.3, 0.4) is 0 Å². The van der Waals surface area contributed by atoms with Gasteiger partial charge < -0.3 is 4.90 Å². The van der Waals surface area contributed by atoms with E-state index in [-0.39, 0.29) is 11.9 Å². The molecular formula is C17H25N3O3S. The zero-order valence-electron chi connectivity index (χ0n) is 14.1. The van der Waals surface area contributed by atoms with Crippen molar-refractivity contribution in [3.8, 4) is 0 Å². The van der Waals surface area contributed by atoms with Crippen LogP contribution in [-0.4, -0.2) is 62.6 Å². The van der Waals surface area contributed by atoms with E-state index in [1.807, 2.05) is 17.0 Å². The smallest absolute Gasteiger partial charge is 0.237 e. The van der Waals surface area contributed by atoms with Crippen molar-refractivity contribution in [1.82, 2.24) is 14.5 Å². The minimum atomic E-state index is -3.15. The second-order valence-electron chi connectivity index (χ2n) is 6.77. The van der Waals surface area contributed by atoms with Gasteiger partial charge in [0.1, 0.15) is 0 Å². The van der Waals surface area contributed by atoms with Crippen molar-refractivity contribution < 1.29 is 13.2 Å². The van der Waals surface area contributed by atoms with Gasteiger partial charge in [-0.15, -0.1) is 0 Å². The van der Waals surface area contributed by atoms with Crippen LogP contribution in [0.4, 0.5) is 0 Å². The summed E-state index contributed by atoms with van der Waals surface area (Å²) in [6.45, 7) is 3.41. The van der Waals surface area contributed by atoms with Crippen molar-refractivity contribution in [2.75, 3.05) is 32.4 Å². The number of nitrogens with zero attached hydrogens (tertiary/aromatic N) is 2. The van der Waals surface area contributed by atoms with Crippen molar-refractivity contribution in [1.29, 1.82) is 0 Å². The van der Waals surface area contributed by atoms with Gasteiger partial charge in [-0.05, 0) is 30.4 Å². The Bertz CT molecular complexity index is 697. The molecule has 7 heteroatoms. The summed E-state index contributed by atoms with van der Waals surface area (Å²) < 4.78 is 25.2. The van der Waals surface area contributed by atoms with Gasteiger partial charge in [0.15, 0.2) is 0 Å². The number of hydrogen-bond acceptors (Lipinski definition) is 4. The largest absolute Gasteiger partial charge is 0.337 e. The van der Waals surface area contributed by atoms with Crippen LogP contribution in [0.1, 0.15) is 24.0 Å². The quantitative estimate of drug-likeness (QED) is 0.862. The van der Waals surface area contributed by atoms with Crippen LogP contribution in [0.5, 0.6) is 0 Å². The number of rotatable bonds is 4. The molecule has 2 aliphatic heterocycles. The average molecular weight is 351 g/mol. The molecule has 2 aliphatic rings. The van der Waals surface area contributed by atoms with Gasteiger partial charge in [0, 0.05) is 32.2 Å². The molecule has 3 rings (SSSR count). The molecule has 0 unspecified atom stereocenters. The van der Waals surface area contributed by atoms with E-state index in [9.17, 15) is 13.2 Å². The van der Waals surface area contributed by atoms with E-state index < -0.39 is 10.0 Å². The lowest BCUT2D eigenvalue weighted by atomic mass is 10.00. The first kappa shape index (κ1) is 17.4. The molecule has 1 N–H and O–H groups in total. The number of amides is 1. The molecule has 2 heterocycles. The Hall–Kier alpha value is -1.44. The van der Waals surface area contributed by atoms with Crippen LogP contribution in [0.2, 0.25) is 0 Å². The van der Waals surface area contributed by atoms with E-state index in [1.54, 1.807) is 0 Å². The summed E-state index contributed by atoms with van der Waals surface area (Å²) in [4.78, 5) is 16.6. The number of fused-ring (bicyclic) bond motifs is 1. The Labute approximate surface area is 143 Å². The molecule has 0 radical (unpaired) electrons. The maximum absolute atomic E-state index is 12.6. The Kier molecular flexibility index (Phi) is 5.22. The normalized spacial score (nSPS) is 20.0. The Morgan fingerprint density at radius 3 is 2.50 bits per heavy atom. The van der Waals surface area contributed by atoms with Crippen LogP contribution in [0.25, 0.3) is 0 Å². The van der Waals surface area contributed by atoms with Gasteiger partial charge >= 0.3 is 0 Å². The van der Waals surface area contributed by atoms with Crippen molar-refractivity contribution in [3.05, 3.63) is 35.4 Å². The second-order valence-corrected chi connectivity index (χ2v) is 8.55. The minimum Gasteiger partial charge on any atom is -0.337 e. The zero-order valence-corrected chi connectivity index (χ0v) is 14.9. The van der Waals surface area contributed by atoms with Gasteiger partial charge in [0.2, 0.25) is 15.9 Å². The topological polar surface area (TPSA) is 69.7 Å². The predicted octanol–water partition coefficient (Wildman–Crippen LogP) is 0.585. The number of nitrogens with one attached hydrogen (secondary N) is 1. The Balaban J connectivity index is 1.48. The molecule has 0 bridgehead atoms. The summed E-state index contributed by atoms with van der Waals surface area (Å²) in [7, 11) is -3.15. The fraction of sp³-hybridized carbons (Fsp3) is 0.588. The maximum atomic E-state index is 12.6. The van der Waals surface area contributed by atoms with Crippen molar-refractivity contribution in [2.24, 2.45) is 0 Å². The van der Waals surface area contributed by atoms with E-state index in [2.05, 4.69) is 21.8 Å². The van der Waals surface area contributed by atoms with Gasteiger partial charge in [-0.2, -0.15) is 0 Å². The molecule has 0 saturated carbocycles. The first-order chi connectivity index (χ1) is 11.4. The highest BCUT2D eigenvalue weighted by Gasteiger charge is 2.26. The molecule has 1 aromatic rings. The molecule has 0 aliphatic carbocycles. The van der Waals surface area contributed by atoms with Gasteiger partial charge in [0.25, 0.3) is 0 Å². The molecule has 24 heavy (non-hydrogen) atoms. The molecule has 1 fully saturated rings. The Morgan fingerprint density at radius 2 is 1.83 bits per heavy atom. The Morgan fingerprint density at radius 1 is 1.17 bits per heavy atom. The van der Waals surface area contributed by atoms with Gasteiger partial charge in [-0.1, -0.05) is 24.3 Å². The molecule has 0 atom stereocenters. The summed E-state index contributed by atoms with van der Waals surface area (Å²) in [6, 6.07) is 8.29. The number of carbonyl (C=O) groups excluding carboxylic acids is 1. The fourth-order valence-corrected chi connectivity index (χ4v) is 4.35. The first-order valence-electron chi connectivity index (χ1n) is 8.45. The summed E-state index contributed by atoms with van der Waals surface area (Å²) in [5.41, 5.74) is 2.59. The number of sulfonamides is 1. The van der Waals surface area contributed by atoms with Crippen LogP contribution in [-0.2, 0) is 27.8 Å². The molecule has 1 aromatic carbocycles. The fourth-order valence-electron chi connectivity index (χ4n) is 3.51. The number of likely N-dealkylation sites (tertiary alicyclic amines) is 1. The van der Waals surface area contributed by atoms with E-state index in [4.69, 9.17) is 0 Å². The highest BCUT2D eigenvalue weighted by atomic mass is 32.2. The van der Waals surface area contributed by atoms with E-state index in [0.717, 1.165) is 38.9 Å². The molecule has 132 valence electrons. The van der Waals surface area contributed by atoms with E-state index >= 15 is 0 Å². The van der Waals surface area contributed by atoms with Crippen LogP contribution < -0.4 is 4.72 Å². The monoisotopic (exact) mass is 351 g/mol. The van der Waals surface area contributed by atoms with Crippen LogP contribution >= 0.6 is 0 Å². The zero-order chi connectivity index (χ0) is 17.2. The summed E-state index contributed by atoms with van der Waals surface area (Å²) in [5.74, 6) is 0.166. The van der Waals surface area contributed by atoms with Crippen molar-refractivity contribution >= 4 is 15.9 Å². The lowest BCUT2D eigenvalue weighted by Gasteiger charge is -2.34. The predicted molar refractivity (Wildman–Crippen MR) is 93.0 cm³/mol. The van der Waals surface area contributed by atoms with Crippen LogP contribution in [0.15, 0.2) is 24.3 Å². The molecule has 0 spiro atoms. The second kappa shape index (κ2) is 7.21. The number of carbonyl (C=O) groups is 1. The lowest BCUT2D eigenvalue weighted by Crippen LogP contribution is -2.48. The van der Waals surface area contributed by atoms with Crippen LogP contribution in [0, 0.1) is 0 Å². The highest BCUT2D eigenvalue weighted by Crippen LogP contribution is 2.19. The van der Waals surface area contributed by atoms with Gasteiger partial charge in [-0.25, -0.2) is 13.1 Å². The third kappa shape index (κ3) is 4.55. The summed E-state index contributed by atoms with van der Waals surface area (Å²) in [5, 5.41) is 0. The summed E-state index contributed by atoms with van der Waals surface area (Å²) >= 11 is 0. The van der Waals surface area contributed by atoms with Gasteiger partial charge in [0.05, 0.1) is 12.8 Å². The third-order valence-electron chi connectivity index (χ3n) is 4.81. The van der Waals surface area contributed by atoms with E-state index in [0.29, 0.717) is 13.1 Å². The molecule has 1 amide bonds. The van der Waals surface area contributed by atoms with Gasteiger partial charge in [-0.3, -0.25) is 9.69 Å². The molecule has 0 aromatic heterocycles. The maximum Gasteiger partial charge on any atom is 0.237 e. The highest BCUT2D eigenvalue weighted by molar-refractivity contribution is 7.88. The SMILES string of the molecule is CS(=O)(=O)NC1CCN(CC(=O)N2CCc3ccccc3C2)CC1. The third-order valence-corrected chi connectivity index (χ3v) is 5.57. The average Bonchev–Trinajstić information content (AvgIpc) is 2.55. The lowest BCUT2D eigenvalue weighted by molar-refractivity contribution is -0.133. The first-order valence-corrected chi connectivity index (χ1v) is 10.3.